The second-order valence-electron chi connectivity index (χ2n) is 6.80. The maximum Gasteiger partial charge on any atom is 0.416 e. The molecule has 0 radical (unpaired) electrons. The van der Waals surface area contributed by atoms with Crippen molar-refractivity contribution < 1.29 is 17.6 Å². The molecule has 0 spiro atoms. The van der Waals surface area contributed by atoms with Gasteiger partial charge in [0.15, 0.2) is 5.82 Å². The number of alkyl halides is 3. The fourth-order valence-electron chi connectivity index (χ4n) is 3.04. The quantitative estimate of drug-likeness (QED) is 0.401. The van der Waals surface area contributed by atoms with E-state index in [4.69, 9.17) is 4.42 Å². The summed E-state index contributed by atoms with van der Waals surface area (Å²) in [5.41, 5.74) is -0.154. The molecule has 0 N–H and O–H groups in total. The van der Waals surface area contributed by atoms with Crippen LogP contribution in [-0.4, -0.2) is 15.9 Å². The minimum absolute atomic E-state index is 0.0110. The molecule has 5 nitrogen and oxygen atoms in total. The Kier molecular flexibility index (Phi) is 5.29. The van der Waals surface area contributed by atoms with Crippen molar-refractivity contribution in [2.75, 3.05) is 0 Å². The van der Waals surface area contributed by atoms with Gasteiger partial charge in [-0.25, -0.2) is 4.98 Å². The van der Waals surface area contributed by atoms with Crippen LogP contribution >= 0.6 is 0 Å². The summed E-state index contributed by atoms with van der Waals surface area (Å²) < 4.78 is 45.9. The number of benzene rings is 2. The van der Waals surface area contributed by atoms with E-state index in [0.717, 1.165) is 16.8 Å². The van der Waals surface area contributed by atoms with Gasteiger partial charge in [0, 0.05) is 5.56 Å². The van der Waals surface area contributed by atoms with Crippen LogP contribution in [0.15, 0.2) is 86.8 Å². The van der Waals surface area contributed by atoms with E-state index in [1.54, 1.807) is 49.4 Å². The van der Waals surface area contributed by atoms with Crippen LogP contribution in [0.25, 0.3) is 28.4 Å². The lowest BCUT2D eigenvalue weighted by molar-refractivity contribution is -0.137. The maximum atomic E-state index is 13.2. The van der Waals surface area contributed by atoms with Crippen molar-refractivity contribution in [2.24, 2.45) is 5.10 Å². The molecule has 0 bridgehead atoms. The largest absolute Gasteiger partial charge is 0.465 e. The number of hydrogen-bond acceptors (Lipinski definition) is 4. The standard InChI is InChI=1S/C23H16F3N3O2/c1-15(12-18-8-5-11-31-18)14-27-29-21(16-6-4-7-17(13-16)23(24,25)26)28-20-10-3-2-9-19(20)22(29)30/h2-14H,1H3/b15-12+,27-14?. The van der Waals surface area contributed by atoms with E-state index in [9.17, 15) is 18.0 Å². The van der Waals surface area contributed by atoms with Gasteiger partial charge >= 0.3 is 6.18 Å². The molecule has 0 aliphatic heterocycles. The Morgan fingerprint density at radius 1 is 1.10 bits per heavy atom. The zero-order chi connectivity index (χ0) is 22.0. The van der Waals surface area contributed by atoms with Crippen LogP contribution in [0.1, 0.15) is 18.2 Å². The summed E-state index contributed by atoms with van der Waals surface area (Å²) in [6, 6.07) is 14.8. The van der Waals surface area contributed by atoms with Gasteiger partial charge in [-0.15, -0.1) is 0 Å². The predicted octanol–water partition coefficient (Wildman–Crippen LogP) is 5.61. The summed E-state index contributed by atoms with van der Waals surface area (Å²) in [7, 11) is 0. The molecule has 2 heterocycles. The maximum absolute atomic E-state index is 13.2. The summed E-state index contributed by atoms with van der Waals surface area (Å²) in [5.74, 6) is 0.614. The van der Waals surface area contributed by atoms with Crippen molar-refractivity contribution in [2.45, 2.75) is 13.1 Å². The van der Waals surface area contributed by atoms with E-state index in [1.165, 1.54) is 24.6 Å². The third-order valence-electron chi connectivity index (χ3n) is 4.49. The number of halogens is 3. The molecule has 4 aromatic rings. The van der Waals surface area contributed by atoms with Gasteiger partial charge in [0.1, 0.15) is 5.76 Å². The zero-order valence-electron chi connectivity index (χ0n) is 16.3. The fraction of sp³-hybridized carbons (Fsp3) is 0.0870. The highest BCUT2D eigenvalue weighted by atomic mass is 19.4. The first-order valence-corrected chi connectivity index (χ1v) is 9.28. The van der Waals surface area contributed by atoms with Crippen molar-refractivity contribution in [3.8, 4) is 11.4 Å². The summed E-state index contributed by atoms with van der Waals surface area (Å²) in [6.07, 6.45) is 0.147. The van der Waals surface area contributed by atoms with Crippen molar-refractivity contribution in [1.29, 1.82) is 0 Å². The van der Waals surface area contributed by atoms with Gasteiger partial charge in [-0.2, -0.15) is 22.9 Å². The van der Waals surface area contributed by atoms with Crippen LogP contribution in [0.4, 0.5) is 13.2 Å². The van der Waals surface area contributed by atoms with Crippen LogP contribution in [0.5, 0.6) is 0 Å². The van der Waals surface area contributed by atoms with Gasteiger partial charge < -0.3 is 4.42 Å². The summed E-state index contributed by atoms with van der Waals surface area (Å²) in [6.45, 7) is 1.76. The Balaban J connectivity index is 1.89. The summed E-state index contributed by atoms with van der Waals surface area (Å²) in [4.78, 5) is 17.5. The average molecular weight is 423 g/mol. The molecular weight excluding hydrogens is 407 g/mol. The highest BCUT2D eigenvalue weighted by molar-refractivity contribution is 5.85. The number of rotatable bonds is 4. The van der Waals surface area contributed by atoms with Crippen LogP contribution in [-0.2, 0) is 6.18 Å². The average Bonchev–Trinajstić information content (AvgIpc) is 3.25. The molecule has 0 atom stereocenters. The van der Waals surface area contributed by atoms with E-state index in [-0.39, 0.29) is 11.4 Å². The molecule has 0 unspecified atom stereocenters. The lowest BCUT2D eigenvalue weighted by Gasteiger charge is -2.12. The van der Waals surface area contributed by atoms with Crippen molar-refractivity contribution >= 4 is 23.2 Å². The number of allylic oxidation sites excluding steroid dienone is 1. The molecule has 4 rings (SSSR count). The second-order valence-corrected chi connectivity index (χ2v) is 6.80. The highest BCUT2D eigenvalue weighted by Gasteiger charge is 2.30. The van der Waals surface area contributed by atoms with Gasteiger partial charge in [-0.1, -0.05) is 24.3 Å². The van der Waals surface area contributed by atoms with Crippen LogP contribution in [0.2, 0.25) is 0 Å². The molecule has 156 valence electrons. The molecule has 8 heteroatoms. The number of aromatic nitrogens is 2. The molecule has 2 aromatic carbocycles. The van der Waals surface area contributed by atoms with Crippen molar-refractivity contribution in [1.82, 2.24) is 9.66 Å². The van der Waals surface area contributed by atoms with Gasteiger partial charge in [0.25, 0.3) is 5.56 Å². The highest BCUT2D eigenvalue weighted by Crippen LogP contribution is 2.31. The Morgan fingerprint density at radius 3 is 2.65 bits per heavy atom. The van der Waals surface area contributed by atoms with E-state index in [1.807, 2.05) is 0 Å². The Morgan fingerprint density at radius 2 is 1.90 bits per heavy atom. The number of hydrogen-bond donors (Lipinski definition) is 0. The number of nitrogens with zero attached hydrogens (tertiary/aromatic N) is 3. The lowest BCUT2D eigenvalue weighted by atomic mass is 10.1. The monoisotopic (exact) mass is 423 g/mol. The molecular formula is C23H16F3N3O2. The second kappa shape index (κ2) is 8.06. The Bertz CT molecular complexity index is 1350. The van der Waals surface area contributed by atoms with E-state index in [2.05, 4.69) is 10.1 Å². The topological polar surface area (TPSA) is 60.4 Å². The van der Waals surface area contributed by atoms with Gasteiger partial charge in [-0.3, -0.25) is 4.79 Å². The number of para-hydroxylation sites is 1. The zero-order valence-corrected chi connectivity index (χ0v) is 16.3. The predicted molar refractivity (Wildman–Crippen MR) is 113 cm³/mol. The molecule has 0 aliphatic rings. The fourth-order valence-corrected chi connectivity index (χ4v) is 3.04. The number of furan rings is 1. The van der Waals surface area contributed by atoms with E-state index >= 15 is 0 Å². The normalized spacial score (nSPS) is 12.7. The Labute approximate surface area is 174 Å². The molecule has 0 amide bonds. The molecule has 0 fully saturated rings. The first kappa shape index (κ1) is 20.3. The van der Waals surface area contributed by atoms with E-state index < -0.39 is 17.3 Å². The summed E-state index contributed by atoms with van der Waals surface area (Å²) >= 11 is 0. The van der Waals surface area contributed by atoms with Crippen molar-refractivity contribution in [3.63, 3.8) is 0 Å². The molecule has 0 aliphatic carbocycles. The molecule has 0 saturated heterocycles. The van der Waals surface area contributed by atoms with Crippen LogP contribution in [0.3, 0.4) is 0 Å². The summed E-state index contributed by atoms with van der Waals surface area (Å²) in [5, 5.41) is 4.54. The molecule has 31 heavy (non-hydrogen) atoms. The smallest absolute Gasteiger partial charge is 0.416 e. The minimum Gasteiger partial charge on any atom is -0.465 e. The lowest BCUT2D eigenvalue weighted by Crippen LogP contribution is -2.20. The Hall–Kier alpha value is -3.94. The van der Waals surface area contributed by atoms with Crippen molar-refractivity contribution in [3.05, 3.63) is 94.2 Å². The minimum atomic E-state index is -4.52. The van der Waals surface area contributed by atoms with Gasteiger partial charge in [0.05, 0.1) is 28.9 Å². The third-order valence-corrected chi connectivity index (χ3v) is 4.49. The van der Waals surface area contributed by atoms with Gasteiger partial charge in [-0.05, 0) is 55.0 Å². The van der Waals surface area contributed by atoms with Gasteiger partial charge in [0.2, 0.25) is 0 Å². The van der Waals surface area contributed by atoms with Crippen LogP contribution in [0, 0.1) is 0 Å². The molecule has 2 aromatic heterocycles. The SMILES string of the molecule is C/C(C=Nn1c(-c2cccc(C(F)(F)F)c2)nc2ccccc2c1=O)=C\c1ccco1. The van der Waals surface area contributed by atoms with E-state index in [0.29, 0.717) is 22.2 Å². The third kappa shape index (κ3) is 4.32. The molecule has 0 saturated carbocycles. The first-order valence-electron chi connectivity index (χ1n) is 9.28. The number of fused-ring (bicyclic) bond motifs is 1. The van der Waals surface area contributed by atoms with Crippen LogP contribution < -0.4 is 5.56 Å². The first-order chi connectivity index (χ1) is 14.8.